The topological polar surface area (TPSA) is 12.0 Å². The fraction of sp³-hybridized carbons (Fsp3) is 0.625. The average Bonchev–Trinajstić information content (AvgIpc) is 2.66. The van der Waals surface area contributed by atoms with Crippen LogP contribution in [0.1, 0.15) is 63.5 Å². The van der Waals surface area contributed by atoms with Gasteiger partial charge in [-0.1, -0.05) is 44.7 Å². The predicted octanol–water partition coefficient (Wildman–Crippen LogP) is 4.59. The van der Waals surface area contributed by atoms with E-state index in [2.05, 4.69) is 12.2 Å². The van der Waals surface area contributed by atoms with Gasteiger partial charge in [0.05, 0.1) is 0 Å². The van der Waals surface area contributed by atoms with Crippen LogP contribution in [-0.4, -0.2) is 6.04 Å². The lowest BCUT2D eigenvalue weighted by Crippen LogP contribution is -2.32. The zero-order chi connectivity index (χ0) is 12.8. The maximum atomic E-state index is 12.9. The van der Waals surface area contributed by atoms with Crippen LogP contribution >= 0.6 is 0 Å². The molecule has 1 atom stereocenters. The molecule has 0 aliphatic heterocycles. The van der Waals surface area contributed by atoms with Crippen molar-refractivity contribution >= 4 is 0 Å². The van der Waals surface area contributed by atoms with E-state index >= 15 is 0 Å². The van der Waals surface area contributed by atoms with Gasteiger partial charge in [-0.25, -0.2) is 4.39 Å². The van der Waals surface area contributed by atoms with Gasteiger partial charge < -0.3 is 5.32 Å². The van der Waals surface area contributed by atoms with Crippen molar-refractivity contribution < 1.29 is 4.39 Å². The molecule has 1 nitrogen and oxygen atoms in total. The van der Waals surface area contributed by atoms with E-state index in [-0.39, 0.29) is 5.82 Å². The molecule has 1 aliphatic carbocycles. The summed E-state index contributed by atoms with van der Waals surface area (Å²) in [6.45, 7) is 2.19. The molecular formula is C16H24FN. The third-order valence-corrected chi connectivity index (χ3v) is 3.97. The van der Waals surface area contributed by atoms with Crippen LogP contribution in [0.25, 0.3) is 0 Å². The Hall–Kier alpha value is -0.890. The minimum absolute atomic E-state index is 0.150. The smallest absolute Gasteiger partial charge is 0.123 e. The number of hydrogen-bond donors (Lipinski definition) is 1. The molecule has 1 unspecified atom stereocenters. The first-order chi connectivity index (χ1) is 8.79. The van der Waals surface area contributed by atoms with Gasteiger partial charge in [0.1, 0.15) is 5.82 Å². The molecule has 0 aromatic heterocycles. The number of nitrogens with one attached hydrogen (secondary N) is 1. The standard InChI is InChI=1S/C16H24FN/c1-2-16(13-9-11-14(17)12-10-13)18-15-7-5-3-4-6-8-15/h9-12,15-16,18H,2-8H2,1H3. The highest BCUT2D eigenvalue weighted by Gasteiger charge is 2.17. The summed E-state index contributed by atoms with van der Waals surface area (Å²) >= 11 is 0. The quantitative estimate of drug-likeness (QED) is 0.770. The molecule has 18 heavy (non-hydrogen) atoms. The van der Waals surface area contributed by atoms with Gasteiger partial charge in [0.25, 0.3) is 0 Å². The Balaban J connectivity index is 1.97. The van der Waals surface area contributed by atoms with Crippen molar-refractivity contribution in [1.29, 1.82) is 0 Å². The van der Waals surface area contributed by atoms with Gasteiger partial charge in [0.2, 0.25) is 0 Å². The van der Waals surface area contributed by atoms with Crippen LogP contribution in [0.4, 0.5) is 4.39 Å². The lowest BCUT2D eigenvalue weighted by molar-refractivity contribution is 0.391. The average molecular weight is 249 g/mol. The number of benzene rings is 1. The largest absolute Gasteiger partial charge is 0.307 e. The Morgan fingerprint density at radius 2 is 1.72 bits per heavy atom. The summed E-state index contributed by atoms with van der Waals surface area (Å²) in [4.78, 5) is 0. The van der Waals surface area contributed by atoms with Crippen molar-refractivity contribution in [1.82, 2.24) is 5.32 Å². The van der Waals surface area contributed by atoms with Gasteiger partial charge in [-0.2, -0.15) is 0 Å². The van der Waals surface area contributed by atoms with Crippen LogP contribution in [0.3, 0.4) is 0 Å². The van der Waals surface area contributed by atoms with Crippen molar-refractivity contribution in [2.75, 3.05) is 0 Å². The first kappa shape index (κ1) is 13.5. The highest BCUT2D eigenvalue weighted by molar-refractivity contribution is 5.20. The minimum atomic E-state index is -0.150. The summed E-state index contributed by atoms with van der Waals surface area (Å²) in [5.41, 5.74) is 1.21. The second kappa shape index (κ2) is 6.89. The highest BCUT2D eigenvalue weighted by atomic mass is 19.1. The molecule has 2 heteroatoms. The Morgan fingerprint density at radius 1 is 1.11 bits per heavy atom. The Labute approximate surface area is 110 Å². The normalized spacial score (nSPS) is 19.4. The Bertz CT molecular complexity index is 339. The minimum Gasteiger partial charge on any atom is -0.307 e. The van der Waals surface area contributed by atoms with Crippen LogP contribution in [0.5, 0.6) is 0 Å². The summed E-state index contributed by atoms with van der Waals surface area (Å²) in [5.74, 6) is -0.150. The zero-order valence-electron chi connectivity index (χ0n) is 11.3. The van der Waals surface area contributed by atoms with Crippen molar-refractivity contribution in [3.05, 3.63) is 35.6 Å². The molecule has 0 bridgehead atoms. The van der Waals surface area contributed by atoms with E-state index in [4.69, 9.17) is 0 Å². The Kier molecular flexibility index (Phi) is 5.18. The summed E-state index contributed by atoms with van der Waals surface area (Å²) in [6, 6.07) is 7.95. The fourth-order valence-electron chi connectivity index (χ4n) is 2.88. The molecule has 1 N–H and O–H groups in total. The SMILES string of the molecule is CCC(NC1CCCCCC1)c1ccc(F)cc1. The van der Waals surface area contributed by atoms with Crippen molar-refractivity contribution in [2.24, 2.45) is 0 Å². The summed E-state index contributed by atoms with van der Waals surface area (Å²) < 4.78 is 12.9. The molecule has 0 spiro atoms. The van der Waals surface area contributed by atoms with E-state index in [0.29, 0.717) is 12.1 Å². The third-order valence-electron chi connectivity index (χ3n) is 3.97. The molecular weight excluding hydrogens is 225 g/mol. The predicted molar refractivity (Wildman–Crippen MR) is 74.1 cm³/mol. The van der Waals surface area contributed by atoms with E-state index in [1.165, 1.54) is 44.1 Å². The molecule has 0 saturated heterocycles. The summed E-state index contributed by atoms with van der Waals surface area (Å²) in [6.07, 6.45) is 9.09. The second-order valence-corrected chi connectivity index (χ2v) is 5.37. The number of rotatable bonds is 4. The van der Waals surface area contributed by atoms with Crippen molar-refractivity contribution in [2.45, 2.75) is 64.0 Å². The van der Waals surface area contributed by atoms with Gasteiger partial charge in [-0.05, 0) is 37.0 Å². The maximum Gasteiger partial charge on any atom is 0.123 e. The van der Waals surface area contributed by atoms with Gasteiger partial charge in [0.15, 0.2) is 0 Å². The molecule has 1 fully saturated rings. The van der Waals surface area contributed by atoms with E-state index in [1.54, 1.807) is 12.1 Å². The van der Waals surface area contributed by atoms with Crippen LogP contribution in [0, 0.1) is 5.82 Å². The molecule has 0 radical (unpaired) electrons. The summed E-state index contributed by atoms with van der Waals surface area (Å²) in [5, 5.41) is 3.76. The van der Waals surface area contributed by atoms with Crippen LogP contribution in [0.15, 0.2) is 24.3 Å². The monoisotopic (exact) mass is 249 g/mol. The van der Waals surface area contributed by atoms with Crippen LogP contribution in [-0.2, 0) is 0 Å². The molecule has 0 amide bonds. The van der Waals surface area contributed by atoms with Crippen molar-refractivity contribution in [3.63, 3.8) is 0 Å². The van der Waals surface area contributed by atoms with E-state index in [9.17, 15) is 4.39 Å². The molecule has 1 aliphatic rings. The van der Waals surface area contributed by atoms with Crippen LogP contribution < -0.4 is 5.32 Å². The van der Waals surface area contributed by atoms with E-state index < -0.39 is 0 Å². The van der Waals surface area contributed by atoms with Crippen molar-refractivity contribution in [3.8, 4) is 0 Å². The van der Waals surface area contributed by atoms with Gasteiger partial charge in [-0.15, -0.1) is 0 Å². The zero-order valence-corrected chi connectivity index (χ0v) is 11.3. The summed E-state index contributed by atoms with van der Waals surface area (Å²) in [7, 11) is 0. The lowest BCUT2D eigenvalue weighted by atomic mass is 10.0. The molecule has 2 rings (SSSR count). The van der Waals surface area contributed by atoms with E-state index in [1.807, 2.05) is 12.1 Å². The Morgan fingerprint density at radius 3 is 2.28 bits per heavy atom. The van der Waals surface area contributed by atoms with E-state index in [0.717, 1.165) is 6.42 Å². The number of halogens is 1. The molecule has 1 aromatic rings. The first-order valence-corrected chi connectivity index (χ1v) is 7.31. The van der Waals surface area contributed by atoms with Crippen LogP contribution in [0.2, 0.25) is 0 Å². The van der Waals surface area contributed by atoms with Gasteiger partial charge in [0, 0.05) is 12.1 Å². The molecule has 100 valence electrons. The molecule has 0 heterocycles. The molecule has 1 saturated carbocycles. The number of hydrogen-bond acceptors (Lipinski definition) is 1. The first-order valence-electron chi connectivity index (χ1n) is 7.31. The fourth-order valence-corrected chi connectivity index (χ4v) is 2.88. The van der Waals surface area contributed by atoms with Gasteiger partial charge >= 0.3 is 0 Å². The lowest BCUT2D eigenvalue weighted by Gasteiger charge is -2.24. The second-order valence-electron chi connectivity index (χ2n) is 5.37. The van der Waals surface area contributed by atoms with Gasteiger partial charge in [-0.3, -0.25) is 0 Å². The third kappa shape index (κ3) is 3.81. The molecule has 1 aromatic carbocycles. The maximum absolute atomic E-state index is 12.9. The highest BCUT2D eigenvalue weighted by Crippen LogP contribution is 2.23.